The van der Waals surface area contributed by atoms with E-state index in [-0.39, 0.29) is 23.7 Å². The number of hydrogen-bond acceptors (Lipinski definition) is 2. The second kappa shape index (κ2) is 7.25. The molecule has 8 heteroatoms. The van der Waals surface area contributed by atoms with E-state index in [0.717, 1.165) is 11.8 Å². The van der Waals surface area contributed by atoms with Crippen molar-refractivity contribution < 1.29 is 31.1 Å². The average Bonchev–Trinajstić information content (AvgIpc) is 2.27. The summed E-state index contributed by atoms with van der Waals surface area (Å²) in [6.45, 7) is 1.63. The summed E-state index contributed by atoms with van der Waals surface area (Å²) >= 11 is 0.921. The predicted octanol–water partition coefficient (Wildman–Crippen LogP) is 4.36. The third-order valence-electron chi connectivity index (χ3n) is 2.20. The van der Waals surface area contributed by atoms with Crippen LogP contribution < -0.4 is 0 Å². The molecule has 0 rings (SSSR count). The Hall–Kier alpha value is -0.400. The fourth-order valence-electron chi connectivity index (χ4n) is 1.06. The summed E-state index contributed by atoms with van der Waals surface area (Å²) in [6.07, 6.45) is -5.64. The molecule has 0 saturated heterocycles. The molecule has 0 aliphatic rings. The zero-order chi connectivity index (χ0) is 14.4. The predicted molar refractivity (Wildman–Crippen MR) is 57.5 cm³/mol. The first kappa shape index (κ1) is 17.6. The van der Waals surface area contributed by atoms with Crippen LogP contribution in [0.15, 0.2) is 0 Å². The van der Waals surface area contributed by atoms with E-state index in [2.05, 4.69) is 0 Å². The Bertz CT molecular complexity index is 269. The van der Waals surface area contributed by atoms with Crippen molar-refractivity contribution in [2.45, 2.75) is 50.9 Å². The van der Waals surface area contributed by atoms with Crippen molar-refractivity contribution in [3.63, 3.8) is 0 Å². The second-order valence-electron chi connectivity index (χ2n) is 3.66. The molecule has 0 spiro atoms. The lowest BCUT2D eigenvalue weighted by Crippen LogP contribution is -2.46. The maximum absolute atomic E-state index is 12.8. The van der Waals surface area contributed by atoms with Crippen LogP contribution in [0.2, 0.25) is 0 Å². The molecule has 108 valence electrons. The average molecular weight is 296 g/mol. The van der Waals surface area contributed by atoms with Gasteiger partial charge in [-0.15, -0.1) is 0 Å². The first-order valence-electron chi connectivity index (χ1n) is 5.34. The topological polar surface area (TPSA) is 17.1 Å². The van der Waals surface area contributed by atoms with E-state index in [0.29, 0.717) is 6.42 Å². The highest BCUT2D eigenvalue weighted by Crippen LogP contribution is 2.42. The SMILES string of the molecule is CCC(=O)SCCCCC(F)(F)C(F)(F)C(F)F. The van der Waals surface area contributed by atoms with Crippen molar-refractivity contribution in [1.29, 1.82) is 0 Å². The van der Waals surface area contributed by atoms with E-state index < -0.39 is 24.7 Å². The molecule has 1 nitrogen and oxygen atoms in total. The van der Waals surface area contributed by atoms with Gasteiger partial charge < -0.3 is 0 Å². The van der Waals surface area contributed by atoms with Gasteiger partial charge in [-0.3, -0.25) is 4.79 Å². The second-order valence-corrected chi connectivity index (χ2v) is 4.81. The summed E-state index contributed by atoms with van der Waals surface area (Å²) in [7, 11) is 0. The van der Waals surface area contributed by atoms with Crippen LogP contribution >= 0.6 is 11.8 Å². The van der Waals surface area contributed by atoms with Crippen LogP contribution in [0.25, 0.3) is 0 Å². The van der Waals surface area contributed by atoms with Gasteiger partial charge in [-0.1, -0.05) is 18.7 Å². The van der Waals surface area contributed by atoms with Crippen molar-refractivity contribution in [1.82, 2.24) is 0 Å². The zero-order valence-electron chi connectivity index (χ0n) is 9.70. The largest absolute Gasteiger partial charge is 0.369 e. The van der Waals surface area contributed by atoms with Crippen molar-refractivity contribution in [3.05, 3.63) is 0 Å². The Morgan fingerprint density at radius 1 is 1.17 bits per heavy atom. The summed E-state index contributed by atoms with van der Waals surface area (Å²) < 4.78 is 74.0. The lowest BCUT2D eigenvalue weighted by atomic mass is 10.1. The van der Waals surface area contributed by atoms with Gasteiger partial charge >= 0.3 is 18.3 Å². The lowest BCUT2D eigenvalue weighted by Gasteiger charge is -2.25. The highest BCUT2D eigenvalue weighted by molar-refractivity contribution is 8.13. The molecule has 0 saturated carbocycles. The number of carbonyl (C=O) groups excluding carboxylic acids is 1. The Kier molecular flexibility index (Phi) is 7.09. The van der Waals surface area contributed by atoms with Gasteiger partial charge in [0.1, 0.15) is 0 Å². The Balaban J connectivity index is 4.02. The fourth-order valence-corrected chi connectivity index (χ4v) is 1.84. The number of halogens is 6. The van der Waals surface area contributed by atoms with Crippen molar-refractivity contribution in [3.8, 4) is 0 Å². The quantitative estimate of drug-likeness (QED) is 0.489. The molecular formula is C10H14F6OS. The summed E-state index contributed by atoms with van der Waals surface area (Å²) in [6, 6.07) is 0. The number of carbonyl (C=O) groups is 1. The minimum Gasteiger partial charge on any atom is -0.287 e. The van der Waals surface area contributed by atoms with Gasteiger partial charge in [-0.25, -0.2) is 8.78 Å². The van der Waals surface area contributed by atoms with E-state index >= 15 is 0 Å². The van der Waals surface area contributed by atoms with Crippen LogP contribution in [0, 0.1) is 0 Å². The van der Waals surface area contributed by atoms with Gasteiger partial charge in [0.05, 0.1) is 0 Å². The highest BCUT2D eigenvalue weighted by Gasteiger charge is 2.61. The smallest absolute Gasteiger partial charge is 0.287 e. The number of alkyl halides is 6. The first-order valence-corrected chi connectivity index (χ1v) is 6.33. The minimum absolute atomic E-state index is 0.102. The normalized spacial score (nSPS) is 13.1. The molecule has 0 aromatic rings. The van der Waals surface area contributed by atoms with Crippen LogP contribution in [0.3, 0.4) is 0 Å². The molecule has 0 atom stereocenters. The van der Waals surface area contributed by atoms with E-state index in [4.69, 9.17) is 0 Å². The zero-order valence-corrected chi connectivity index (χ0v) is 10.5. The van der Waals surface area contributed by atoms with E-state index in [1.807, 2.05) is 0 Å². The summed E-state index contributed by atoms with van der Waals surface area (Å²) in [4.78, 5) is 10.8. The molecule has 0 fully saturated rings. The summed E-state index contributed by atoms with van der Waals surface area (Å²) in [5, 5.41) is -0.125. The summed E-state index contributed by atoms with van der Waals surface area (Å²) in [5.41, 5.74) is 0. The Morgan fingerprint density at radius 2 is 1.72 bits per heavy atom. The standard InChI is InChI=1S/C10H14F6OS/c1-2-7(17)18-6-4-3-5-9(13,14)10(15,16)8(11)12/h8H,2-6H2,1H3. The third-order valence-corrected chi connectivity index (χ3v) is 3.30. The first-order chi connectivity index (χ1) is 8.15. The van der Waals surface area contributed by atoms with Crippen molar-refractivity contribution >= 4 is 16.9 Å². The van der Waals surface area contributed by atoms with Crippen molar-refractivity contribution in [2.24, 2.45) is 0 Å². The molecule has 0 aliphatic heterocycles. The summed E-state index contributed by atoms with van der Waals surface area (Å²) in [5.74, 6) is -9.80. The Morgan fingerprint density at radius 3 is 2.17 bits per heavy atom. The third kappa shape index (κ3) is 5.07. The number of unbranched alkanes of at least 4 members (excludes halogenated alkanes) is 1. The lowest BCUT2D eigenvalue weighted by molar-refractivity contribution is -0.266. The molecule has 0 amide bonds. The van der Waals surface area contributed by atoms with E-state index in [9.17, 15) is 31.1 Å². The fraction of sp³-hybridized carbons (Fsp3) is 0.900. The highest BCUT2D eigenvalue weighted by atomic mass is 32.2. The maximum Gasteiger partial charge on any atom is 0.369 e. The molecule has 0 aromatic heterocycles. The number of rotatable bonds is 8. The molecule has 18 heavy (non-hydrogen) atoms. The molecule has 0 aliphatic carbocycles. The maximum atomic E-state index is 12.8. The molecule has 0 unspecified atom stereocenters. The van der Waals surface area contributed by atoms with Gasteiger partial charge in [-0.05, 0) is 12.8 Å². The minimum atomic E-state index is -5.31. The van der Waals surface area contributed by atoms with Gasteiger partial charge in [0.25, 0.3) is 0 Å². The molecular weight excluding hydrogens is 282 g/mol. The number of thioether (sulfide) groups is 1. The van der Waals surface area contributed by atoms with Crippen LogP contribution in [0.4, 0.5) is 26.3 Å². The molecule has 0 N–H and O–H groups in total. The van der Waals surface area contributed by atoms with Crippen LogP contribution in [-0.2, 0) is 4.79 Å². The molecule has 0 heterocycles. The van der Waals surface area contributed by atoms with Gasteiger partial charge in [0.2, 0.25) is 0 Å². The molecule has 0 aromatic carbocycles. The van der Waals surface area contributed by atoms with Crippen LogP contribution in [-0.4, -0.2) is 29.1 Å². The van der Waals surface area contributed by atoms with E-state index in [1.165, 1.54) is 0 Å². The molecule has 0 bridgehead atoms. The van der Waals surface area contributed by atoms with Crippen molar-refractivity contribution in [2.75, 3.05) is 5.75 Å². The van der Waals surface area contributed by atoms with Gasteiger partial charge in [0.15, 0.2) is 5.12 Å². The van der Waals surface area contributed by atoms with Crippen LogP contribution in [0.1, 0.15) is 32.6 Å². The Labute approximate surface area is 105 Å². The van der Waals surface area contributed by atoms with Crippen LogP contribution in [0.5, 0.6) is 0 Å². The van der Waals surface area contributed by atoms with Gasteiger partial charge in [0, 0.05) is 18.6 Å². The van der Waals surface area contributed by atoms with E-state index in [1.54, 1.807) is 6.92 Å². The molecule has 0 radical (unpaired) electrons. The number of hydrogen-bond donors (Lipinski definition) is 0. The van der Waals surface area contributed by atoms with Gasteiger partial charge in [-0.2, -0.15) is 17.6 Å². The monoisotopic (exact) mass is 296 g/mol.